The second kappa shape index (κ2) is 6.93. The third-order valence-corrected chi connectivity index (χ3v) is 6.09. The molecule has 1 fully saturated rings. The minimum absolute atomic E-state index is 0.0440. The van der Waals surface area contributed by atoms with E-state index < -0.39 is 10.0 Å². The predicted molar refractivity (Wildman–Crippen MR) is 81.4 cm³/mol. The van der Waals surface area contributed by atoms with Crippen LogP contribution in [-0.4, -0.2) is 42.7 Å². The number of aryl methyl sites for hydroxylation is 1. The normalized spacial score (nSPS) is 17.5. The molecule has 114 valence electrons. The number of nitrogens with zero attached hydrogens (tertiary/aromatic N) is 1. The van der Waals surface area contributed by atoms with Crippen molar-refractivity contribution in [2.45, 2.75) is 44.2 Å². The van der Waals surface area contributed by atoms with Crippen LogP contribution in [0.15, 0.2) is 4.90 Å². The number of H-pyrrole nitrogens is 1. The van der Waals surface area contributed by atoms with Crippen LogP contribution in [0.2, 0.25) is 0 Å². The molecule has 0 aliphatic carbocycles. The third-order valence-electron chi connectivity index (χ3n) is 3.32. The Balaban J connectivity index is 2.17. The van der Waals surface area contributed by atoms with E-state index in [1.54, 1.807) is 6.92 Å². The molecule has 0 aromatic carbocycles. The molecule has 1 aliphatic rings. The Morgan fingerprint density at radius 3 is 2.75 bits per heavy atom. The molecule has 0 spiro atoms. The summed E-state index contributed by atoms with van der Waals surface area (Å²) < 4.78 is 27.9. The SMILES string of the molecule is CCNCc1n[nH]c(C)c1S(=O)(=O)NC1CCSCC1. The fourth-order valence-electron chi connectivity index (χ4n) is 2.28. The summed E-state index contributed by atoms with van der Waals surface area (Å²) >= 11 is 1.88. The van der Waals surface area contributed by atoms with Gasteiger partial charge in [-0.05, 0) is 37.8 Å². The van der Waals surface area contributed by atoms with Gasteiger partial charge in [-0.15, -0.1) is 0 Å². The molecular weight excluding hydrogens is 296 g/mol. The van der Waals surface area contributed by atoms with E-state index in [1.807, 2.05) is 18.7 Å². The van der Waals surface area contributed by atoms with Gasteiger partial charge in [0.2, 0.25) is 10.0 Å². The monoisotopic (exact) mass is 318 g/mol. The lowest BCUT2D eigenvalue weighted by molar-refractivity contribution is 0.527. The van der Waals surface area contributed by atoms with Crippen molar-refractivity contribution in [2.24, 2.45) is 0 Å². The molecule has 0 amide bonds. The first-order valence-corrected chi connectivity index (χ1v) is 9.53. The highest BCUT2D eigenvalue weighted by molar-refractivity contribution is 7.99. The summed E-state index contributed by atoms with van der Waals surface area (Å²) in [6.07, 6.45) is 1.78. The molecule has 1 saturated heterocycles. The second-order valence-electron chi connectivity index (χ2n) is 4.91. The van der Waals surface area contributed by atoms with Gasteiger partial charge in [0.05, 0.1) is 11.4 Å². The molecule has 0 radical (unpaired) electrons. The highest BCUT2D eigenvalue weighted by Crippen LogP contribution is 2.22. The topological polar surface area (TPSA) is 86.9 Å². The van der Waals surface area contributed by atoms with E-state index in [2.05, 4.69) is 20.2 Å². The van der Waals surface area contributed by atoms with Crippen molar-refractivity contribution in [2.75, 3.05) is 18.1 Å². The van der Waals surface area contributed by atoms with Gasteiger partial charge < -0.3 is 5.32 Å². The van der Waals surface area contributed by atoms with Gasteiger partial charge in [0, 0.05) is 12.6 Å². The van der Waals surface area contributed by atoms with E-state index in [0.717, 1.165) is 30.9 Å². The Morgan fingerprint density at radius 1 is 1.40 bits per heavy atom. The Labute approximate surface area is 124 Å². The molecule has 8 heteroatoms. The maximum Gasteiger partial charge on any atom is 0.244 e. The number of hydrogen-bond donors (Lipinski definition) is 3. The lowest BCUT2D eigenvalue weighted by Gasteiger charge is -2.22. The maximum absolute atomic E-state index is 12.6. The molecule has 20 heavy (non-hydrogen) atoms. The highest BCUT2D eigenvalue weighted by Gasteiger charge is 2.27. The van der Waals surface area contributed by atoms with Gasteiger partial charge in [-0.3, -0.25) is 5.10 Å². The van der Waals surface area contributed by atoms with Crippen molar-refractivity contribution in [3.8, 4) is 0 Å². The third kappa shape index (κ3) is 3.75. The summed E-state index contributed by atoms with van der Waals surface area (Å²) in [5.74, 6) is 2.03. The van der Waals surface area contributed by atoms with E-state index in [1.165, 1.54) is 0 Å². The molecule has 2 rings (SSSR count). The van der Waals surface area contributed by atoms with Crippen LogP contribution in [0.4, 0.5) is 0 Å². The molecule has 0 atom stereocenters. The quantitative estimate of drug-likeness (QED) is 0.728. The first-order chi connectivity index (χ1) is 9.54. The van der Waals surface area contributed by atoms with Crippen molar-refractivity contribution in [1.82, 2.24) is 20.2 Å². The summed E-state index contributed by atoms with van der Waals surface area (Å²) in [5.41, 5.74) is 1.15. The fourth-order valence-corrected chi connectivity index (χ4v) is 5.06. The van der Waals surface area contributed by atoms with Crippen LogP contribution in [0.1, 0.15) is 31.2 Å². The number of aromatic amines is 1. The summed E-state index contributed by atoms with van der Waals surface area (Å²) in [6.45, 7) is 4.95. The standard InChI is InChI=1S/C12H22N4O2S2/c1-3-13-8-11-12(9(2)14-15-11)20(17,18)16-10-4-6-19-7-5-10/h10,13,16H,3-8H2,1-2H3,(H,14,15). The zero-order valence-corrected chi connectivity index (χ0v) is 13.5. The number of sulfonamides is 1. The maximum atomic E-state index is 12.6. The van der Waals surface area contributed by atoms with Crippen LogP contribution in [-0.2, 0) is 16.6 Å². The number of hydrogen-bond acceptors (Lipinski definition) is 5. The Kier molecular flexibility index (Phi) is 5.48. The first-order valence-electron chi connectivity index (χ1n) is 6.89. The van der Waals surface area contributed by atoms with Crippen LogP contribution in [0.25, 0.3) is 0 Å². The van der Waals surface area contributed by atoms with Crippen molar-refractivity contribution in [3.05, 3.63) is 11.4 Å². The van der Waals surface area contributed by atoms with Crippen LogP contribution < -0.4 is 10.0 Å². The first kappa shape index (κ1) is 15.8. The van der Waals surface area contributed by atoms with Gasteiger partial charge in [-0.25, -0.2) is 13.1 Å². The van der Waals surface area contributed by atoms with Gasteiger partial charge in [0.15, 0.2) is 0 Å². The molecule has 0 saturated carbocycles. The summed E-state index contributed by atoms with van der Waals surface area (Å²) in [6, 6.07) is 0.0440. The zero-order chi connectivity index (χ0) is 14.6. The smallest absolute Gasteiger partial charge is 0.244 e. The summed E-state index contributed by atoms with van der Waals surface area (Å²) in [5, 5.41) is 9.99. The summed E-state index contributed by atoms with van der Waals surface area (Å²) in [4.78, 5) is 0.302. The lowest BCUT2D eigenvalue weighted by atomic mass is 10.2. The van der Waals surface area contributed by atoms with Gasteiger partial charge in [0.1, 0.15) is 4.90 Å². The predicted octanol–water partition coefficient (Wildman–Crippen LogP) is 1.00. The minimum Gasteiger partial charge on any atom is -0.311 e. The minimum atomic E-state index is -3.50. The van der Waals surface area contributed by atoms with Gasteiger partial charge >= 0.3 is 0 Å². The number of thioether (sulfide) groups is 1. The fraction of sp³-hybridized carbons (Fsp3) is 0.750. The van der Waals surface area contributed by atoms with Crippen LogP contribution in [0.3, 0.4) is 0 Å². The van der Waals surface area contributed by atoms with E-state index in [4.69, 9.17) is 0 Å². The molecule has 1 aliphatic heterocycles. The van der Waals surface area contributed by atoms with Gasteiger partial charge in [-0.2, -0.15) is 16.9 Å². The zero-order valence-electron chi connectivity index (χ0n) is 11.9. The molecular formula is C12H22N4O2S2. The molecule has 0 bridgehead atoms. The number of rotatable bonds is 6. The molecule has 1 aromatic heterocycles. The van der Waals surface area contributed by atoms with E-state index in [-0.39, 0.29) is 6.04 Å². The van der Waals surface area contributed by atoms with Crippen molar-refractivity contribution >= 4 is 21.8 Å². The van der Waals surface area contributed by atoms with Gasteiger partial charge in [0.25, 0.3) is 0 Å². The van der Waals surface area contributed by atoms with E-state index >= 15 is 0 Å². The number of aromatic nitrogens is 2. The largest absolute Gasteiger partial charge is 0.311 e. The molecule has 3 N–H and O–H groups in total. The average Bonchev–Trinajstić information content (AvgIpc) is 2.79. The van der Waals surface area contributed by atoms with Gasteiger partial charge in [-0.1, -0.05) is 6.92 Å². The lowest BCUT2D eigenvalue weighted by Crippen LogP contribution is -2.38. The highest BCUT2D eigenvalue weighted by atomic mass is 32.2. The Morgan fingerprint density at radius 2 is 2.10 bits per heavy atom. The van der Waals surface area contributed by atoms with Crippen molar-refractivity contribution in [1.29, 1.82) is 0 Å². The average molecular weight is 318 g/mol. The number of nitrogens with one attached hydrogen (secondary N) is 3. The van der Waals surface area contributed by atoms with E-state index in [9.17, 15) is 8.42 Å². The molecule has 2 heterocycles. The van der Waals surface area contributed by atoms with Crippen LogP contribution in [0, 0.1) is 6.92 Å². The summed E-state index contributed by atoms with van der Waals surface area (Å²) in [7, 11) is -3.50. The molecule has 0 unspecified atom stereocenters. The molecule has 6 nitrogen and oxygen atoms in total. The molecule has 1 aromatic rings. The van der Waals surface area contributed by atoms with Crippen molar-refractivity contribution in [3.63, 3.8) is 0 Å². The van der Waals surface area contributed by atoms with Crippen molar-refractivity contribution < 1.29 is 8.42 Å². The van der Waals surface area contributed by atoms with Crippen LogP contribution in [0.5, 0.6) is 0 Å². The van der Waals surface area contributed by atoms with Crippen LogP contribution >= 0.6 is 11.8 Å². The Bertz CT molecular complexity index is 536. The Hall–Kier alpha value is -0.570. The van der Waals surface area contributed by atoms with E-state index in [0.29, 0.717) is 22.8 Å². The second-order valence-corrected chi connectivity index (χ2v) is 7.79.